The average molecular weight is 382 g/mol. The fourth-order valence-corrected chi connectivity index (χ4v) is 2.80. The second-order valence-electron chi connectivity index (χ2n) is 4.95. The zero-order valence-corrected chi connectivity index (χ0v) is 14.3. The van der Waals surface area contributed by atoms with Gasteiger partial charge < -0.3 is 15.4 Å². The Labute approximate surface area is 151 Å². The molecular weight excluding hydrogens is 368 g/mol. The zero-order valence-electron chi connectivity index (χ0n) is 13.5. The number of non-ortho nitro benzene ring substituents is 1. The van der Waals surface area contributed by atoms with Crippen LogP contribution in [0.15, 0.2) is 18.2 Å². The van der Waals surface area contributed by atoms with Crippen LogP contribution in [-0.4, -0.2) is 58.7 Å². The number of carbonyl (C=O) groups excluding carboxylic acids is 4. The third-order valence-corrected chi connectivity index (χ3v) is 4.17. The van der Waals surface area contributed by atoms with E-state index in [1.54, 1.807) is 0 Å². The van der Waals surface area contributed by atoms with E-state index in [4.69, 9.17) is 4.74 Å². The van der Waals surface area contributed by atoms with Crippen molar-refractivity contribution in [1.82, 2.24) is 10.2 Å². The maximum Gasteiger partial charge on any atom is 0.313 e. The van der Waals surface area contributed by atoms with Gasteiger partial charge >= 0.3 is 11.8 Å². The molecule has 11 nitrogen and oxygen atoms in total. The predicted octanol–water partition coefficient (Wildman–Crippen LogP) is 0.353. The van der Waals surface area contributed by atoms with E-state index in [2.05, 4.69) is 10.6 Å². The van der Waals surface area contributed by atoms with E-state index in [1.165, 1.54) is 19.2 Å². The van der Waals surface area contributed by atoms with E-state index in [0.717, 1.165) is 22.7 Å². The van der Waals surface area contributed by atoms with Gasteiger partial charge in [0.25, 0.3) is 10.9 Å². The van der Waals surface area contributed by atoms with Crippen LogP contribution in [0.1, 0.15) is 0 Å². The molecule has 2 N–H and O–H groups in total. The van der Waals surface area contributed by atoms with E-state index < -0.39 is 22.0 Å². The minimum Gasteiger partial charge on any atom is -0.495 e. The maximum atomic E-state index is 11.9. The molecule has 26 heavy (non-hydrogen) atoms. The SMILES string of the molecule is COc1ccc([N+](=O)[O-])cc1NC(=O)C(=O)NCCN1C(=O)CSC1=O. The second-order valence-corrected chi connectivity index (χ2v) is 5.88. The highest BCUT2D eigenvalue weighted by Crippen LogP contribution is 2.28. The van der Waals surface area contributed by atoms with Crippen LogP contribution in [0.4, 0.5) is 16.2 Å². The number of benzene rings is 1. The Morgan fingerprint density at radius 2 is 2.08 bits per heavy atom. The van der Waals surface area contributed by atoms with Crippen molar-refractivity contribution >= 4 is 46.1 Å². The van der Waals surface area contributed by atoms with Crippen LogP contribution < -0.4 is 15.4 Å². The number of hydrogen-bond donors (Lipinski definition) is 2. The van der Waals surface area contributed by atoms with Crippen LogP contribution in [0.5, 0.6) is 5.75 Å². The third-order valence-electron chi connectivity index (χ3n) is 3.31. The molecule has 2 rings (SSSR count). The standard InChI is InChI=1S/C14H14N4O7S/c1-25-10-3-2-8(18(23)24)6-9(10)16-13(21)12(20)15-4-5-17-11(19)7-26-14(17)22/h2-3,6H,4-5,7H2,1H3,(H,15,20)(H,16,21). The van der Waals surface area contributed by atoms with Gasteiger partial charge in [-0.05, 0) is 6.07 Å². The van der Waals surface area contributed by atoms with Gasteiger partial charge in [0.2, 0.25) is 5.91 Å². The van der Waals surface area contributed by atoms with Crippen LogP contribution in [0, 0.1) is 10.1 Å². The van der Waals surface area contributed by atoms with Crippen molar-refractivity contribution < 1.29 is 28.8 Å². The van der Waals surface area contributed by atoms with E-state index >= 15 is 0 Å². The molecular formula is C14H14N4O7S. The normalized spacial score (nSPS) is 13.5. The summed E-state index contributed by atoms with van der Waals surface area (Å²) in [6.45, 7) is -0.153. The topological polar surface area (TPSA) is 148 Å². The Morgan fingerprint density at radius 1 is 1.35 bits per heavy atom. The number of hydrogen-bond acceptors (Lipinski definition) is 8. The first-order chi connectivity index (χ1) is 12.3. The summed E-state index contributed by atoms with van der Waals surface area (Å²) in [4.78, 5) is 57.7. The molecule has 0 saturated carbocycles. The van der Waals surface area contributed by atoms with Gasteiger partial charge in [-0.25, -0.2) is 0 Å². The number of ether oxygens (including phenoxy) is 1. The molecule has 4 amide bonds. The fourth-order valence-electron chi connectivity index (χ4n) is 2.04. The molecule has 0 radical (unpaired) electrons. The number of imide groups is 1. The predicted molar refractivity (Wildman–Crippen MR) is 90.9 cm³/mol. The number of rotatable bonds is 6. The molecule has 0 bridgehead atoms. The van der Waals surface area contributed by atoms with Crippen molar-refractivity contribution in [2.45, 2.75) is 0 Å². The van der Waals surface area contributed by atoms with Gasteiger partial charge in [0, 0.05) is 25.2 Å². The van der Waals surface area contributed by atoms with Gasteiger partial charge in [-0.3, -0.25) is 34.2 Å². The first kappa shape index (κ1) is 19.2. The lowest BCUT2D eigenvalue weighted by Crippen LogP contribution is -2.41. The molecule has 138 valence electrons. The van der Waals surface area contributed by atoms with Crippen LogP contribution in [0.2, 0.25) is 0 Å². The molecule has 12 heteroatoms. The Balaban J connectivity index is 1.93. The summed E-state index contributed by atoms with van der Waals surface area (Å²) in [6.07, 6.45) is 0. The quantitative estimate of drug-likeness (QED) is 0.407. The monoisotopic (exact) mass is 382 g/mol. The largest absolute Gasteiger partial charge is 0.495 e. The smallest absolute Gasteiger partial charge is 0.313 e. The number of amides is 4. The molecule has 0 spiro atoms. The Morgan fingerprint density at radius 3 is 2.65 bits per heavy atom. The van der Waals surface area contributed by atoms with E-state index in [9.17, 15) is 29.3 Å². The summed E-state index contributed by atoms with van der Waals surface area (Å²) in [5, 5.41) is 14.9. The summed E-state index contributed by atoms with van der Waals surface area (Å²) in [5.41, 5.74) is -0.326. The summed E-state index contributed by atoms with van der Waals surface area (Å²) >= 11 is 0.865. The van der Waals surface area contributed by atoms with Crippen molar-refractivity contribution in [3.8, 4) is 5.75 Å². The number of methoxy groups -OCH3 is 1. The second kappa shape index (κ2) is 8.29. The number of anilines is 1. The first-order valence-electron chi connectivity index (χ1n) is 7.22. The highest BCUT2D eigenvalue weighted by atomic mass is 32.2. The first-order valence-corrected chi connectivity index (χ1v) is 8.20. The number of nitrogens with one attached hydrogen (secondary N) is 2. The fraction of sp³-hybridized carbons (Fsp3) is 0.286. The van der Waals surface area contributed by atoms with Gasteiger partial charge in [-0.15, -0.1) is 0 Å². The maximum absolute atomic E-state index is 11.9. The summed E-state index contributed by atoms with van der Waals surface area (Å²) in [5.74, 6) is -2.26. The van der Waals surface area contributed by atoms with Crippen LogP contribution >= 0.6 is 11.8 Å². The molecule has 1 aliphatic rings. The van der Waals surface area contributed by atoms with Gasteiger partial charge in [0.05, 0.1) is 23.5 Å². The van der Waals surface area contributed by atoms with Crippen molar-refractivity contribution in [2.75, 3.05) is 31.3 Å². The number of nitrogens with zero attached hydrogens (tertiary/aromatic N) is 2. The Bertz CT molecular complexity index is 767. The van der Waals surface area contributed by atoms with Gasteiger partial charge in [0.15, 0.2) is 0 Å². The Hall–Kier alpha value is -3.15. The van der Waals surface area contributed by atoms with Crippen LogP contribution in [-0.2, 0) is 14.4 Å². The molecule has 0 atom stereocenters. The molecule has 1 aromatic carbocycles. The lowest BCUT2D eigenvalue weighted by molar-refractivity contribution is -0.384. The summed E-state index contributed by atoms with van der Waals surface area (Å²) in [7, 11) is 1.30. The zero-order chi connectivity index (χ0) is 19.3. The third kappa shape index (κ3) is 4.47. The molecule has 1 fully saturated rings. The van der Waals surface area contributed by atoms with Crippen molar-refractivity contribution in [2.24, 2.45) is 0 Å². The van der Waals surface area contributed by atoms with Gasteiger partial charge in [-0.2, -0.15) is 0 Å². The van der Waals surface area contributed by atoms with Crippen LogP contribution in [0.25, 0.3) is 0 Å². The minimum absolute atomic E-state index is 0.0388. The number of thioether (sulfide) groups is 1. The van der Waals surface area contributed by atoms with Crippen molar-refractivity contribution in [3.05, 3.63) is 28.3 Å². The molecule has 0 aromatic heterocycles. The summed E-state index contributed by atoms with van der Waals surface area (Å²) in [6, 6.07) is 3.54. The van der Waals surface area contributed by atoms with Gasteiger partial charge in [0.1, 0.15) is 5.75 Å². The average Bonchev–Trinajstić information content (AvgIpc) is 2.93. The van der Waals surface area contributed by atoms with E-state index in [1.807, 2.05) is 0 Å². The number of nitro benzene ring substituents is 1. The van der Waals surface area contributed by atoms with E-state index in [-0.39, 0.29) is 41.9 Å². The molecule has 0 unspecified atom stereocenters. The van der Waals surface area contributed by atoms with Crippen molar-refractivity contribution in [1.29, 1.82) is 0 Å². The summed E-state index contributed by atoms with van der Waals surface area (Å²) < 4.78 is 4.98. The molecule has 1 aromatic rings. The van der Waals surface area contributed by atoms with Gasteiger partial charge in [-0.1, -0.05) is 11.8 Å². The highest BCUT2D eigenvalue weighted by Gasteiger charge is 2.29. The molecule has 1 saturated heterocycles. The van der Waals surface area contributed by atoms with Crippen molar-refractivity contribution in [3.63, 3.8) is 0 Å². The number of carbonyl (C=O) groups is 4. The molecule has 1 heterocycles. The van der Waals surface area contributed by atoms with Crippen LogP contribution in [0.3, 0.4) is 0 Å². The molecule has 1 aliphatic heterocycles. The number of nitro groups is 1. The lowest BCUT2D eigenvalue weighted by Gasteiger charge is -2.13. The van der Waals surface area contributed by atoms with E-state index in [0.29, 0.717) is 0 Å². The minimum atomic E-state index is -1.07. The lowest BCUT2D eigenvalue weighted by atomic mass is 10.2. The Kier molecular flexibility index (Phi) is 6.11. The highest BCUT2D eigenvalue weighted by molar-refractivity contribution is 8.14. The molecule has 0 aliphatic carbocycles.